The van der Waals surface area contributed by atoms with Crippen molar-refractivity contribution in [1.29, 1.82) is 0 Å². The first-order chi connectivity index (χ1) is 16.0. The molecule has 4 rings (SSSR count). The minimum atomic E-state index is -1.01. The number of imide groups is 1. The number of halogens is 1. The van der Waals surface area contributed by atoms with E-state index in [4.69, 9.17) is 4.74 Å². The van der Waals surface area contributed by atoms with Crippen LogP contribution in [0.15, 0.2) is 78.9 Å². The number of carbonyl (C=O) groups excluding carboxylic acids is 3. The molecule has 0 spiro atoms. The highest BCUT2D eigenvalue weighted by Crippen LogP contribution is 2.29. The molecule has 4 amide bonds. The fraction of sp³-hybridized carbons (Fsp3) is 0.160. The van der Waals surface area contributed by atoms with Crippen LogP contribution in [0.1, 0.15) is 12.0 Å². The topological polar surface area (TPSA) is 79.0 Å². The van der Waals surface area contributed by atoms with E-state index in [2.05, 4.69) is 5.32 Å². The molecule has 168 valence electrons. The number of rotatable bonds is 7. The number of urea groups is 1. The van der Waals surface area contributed by atoms with Crippen LogP contribution >= 0.6 is 0 Å². The largest absolute Gasteiger partial charge is 0.497 e. The zero-order chi connectivity index (χ0) is 23.4. The van der Waals surface area contributed by atoms with Gasteiger partial charge >= 0.3 is 6.03 Å². The second-order valence-electron chi connectivity index (χ2n) is 7.55. The van der Waals surface area contributed by atoms with Gasteiger partial charge in [0, 0.05) is 12.2 Å². The summed E-state index contributed by atoms with van der Waals surface area (Å²) in [6.45, 7) is 0.135. The molecule has 3 aromatic carbocycles. The first-order valence-electron chi connectivity index (χ1n) is 10.3. The van der Waals surface area contributed by atoms with Crippen molar-refractivity contribution in [3.63, 3.8) is 0 Å². The summed E-state index contributed by atoms with van der Waals surface area (Å²) in [6, 6.07) is 19.7. The maximum Gasteiger partial charge on any atom is 0.332 e. The summed E-state index contributed by atoms with van der Waals surface area (Å²) in [7, 11) is 1.56. The lowest BCUT2D eigenvalue weighted by molar-refractivity contribution is -0.124. The van der Waals surface area contributed by atoms with Gasteiger partial charge in [-0.15, -0.1) is 0 Å². The van der Waals surface area contributed by atoms with Gasteiger partial charge in [0.25, 0.3) is 5.91 Å². The van der Waals surface area contributed by atoms with E-state index in [1.54, 1.807) is 67.8 Å². The minimum absolute atomic E-state index is 0.135. The molecule has 1 aliphatic heterocycles. The smallest absolute Gasteiger partial charge is 0.332 e. The SMILES string of the molecule is COc1ccc(CN2C(=O)N(c3ccccc3)C(=O)[C@H]2CC(=O)Nc2cccc(F)c2)cc1. The molecule has 1 heterocycles. The first-order valence-corrected chi connectivity index (χ1v) is 10.3. The predicted molar refractivity (Wildman–Crippen MR) is 121 cm³/mol. The Morgan fingerprint density at radius 2 is 1.73 bits per heavy atom. The van der Waals surface area contributed by atoms with E-state index in [1.165, 1.54) is 23.1 Å². The van der Waals surface area contributed by atoms with Crippen LogP contribution in [0.2, 0.25) is 0 Å². The first kappa shape index (κ1) is 22.0. The number of amides is 4. The number of nitrogens with one attached hydrogen (secondary N) is 1. The Morgan fingerprint density at radius 3 is 2.39 bits per heavy atom. The number of para-hydroxylation sites is 1. The van der Waals surface area contributed by atoms with E-state index in [0.717, 1.165) is 10.5 Å². The highest BCUT2D eigenvalue weighted by atomic mass is 19.1. The Labute approximate surface area is 190 Å². The molecule has 33 heavy (non-hydrogen) atoms. The van der Waals surface area contributed by atoms with Crippen LogP contribution in [0, 0.1) is 5.82 Å². The summed E-state index contributed by atoms with van der Waals surface area (Å²) in [5.41, 5.74) is 1.49. The Bertz CT molecular complexity index is 1170. The maximum atomic E-state index is 13.5. The summed E-state index contributed by atoms with van der Waals surface area (Å²) < 4.78 is 18.6. The molecular formula is C25H22FN3O4. The van der Waals surface area contributed by atoms with Gasteiger partial charge in [0.1, 0.15) is 17.6 Å². The standard InChI is InChI=1S/C25H22FN3O4/c1-33-21-12-10-17(11-13-21)16-28-22(15-23(30)27-19-7-5-6-18(26)14-19)24(31)29(25(28)32)20-8-3-2-4-9-20/h2-14,22H,15-16H2,1H3,(H,27,30)/t22-/m1/s1. The third kappa shape index (κ3) is 4.85. The van der Waals surface area contributed by atoms with E-state index in [9.17, 15) is 18.8 Å². The number of hydrogen-bond acceptors (Lipinski definition) is 4. The quantitative estimate of drug-likeness (QED) is 0.551. The molecule has 1 aliphatic rings. The number of benzene rings is 3. The van der Waals surface area contributed by atoms with Gasteiger partial charge in [0.2, 0.25) is 5.91 Å². The molecule has 0 aliphatic carbocycles. The molecule has 0 unspecified atom stereocenters. The fourth-order valence-corrected chi connectivity index (χ4v) is 3.71. The summed E-state index contributed by atoms with van der Waals surface area (Å²) in [5, 5.41) is 2.59. The van der Waals surface area contributed by atoms with Gasteiger partial charge in [0.05, 0.1) is 19.2 Å². The van der Waals surface area contributed by atoms with Crippen LogP contribution in [0.4, 0.5) is 20.6 Å². The molecule has 1 N–H and O–H groups in total. The van der Waals surface area contributed by atoms with Gasteiger partial charge in [-0.25, -0.2) is 14.1 Å². The molecule has 1 atom stereocenters. The Hall–Kier alpha value is -4.20. The molecule has 7 nitrogen and oxygen atoms in total. The van der Waals surface area contributed by atoms with E-state index in [-0.39, 0.29) is 18.7 Å². The van der Waals surface area contributed by atoms with Gasteiger partial charge in [-0.2, -0.15) is 0 Å². The summed E-state index contributed by atoms with van der Waals surface area (Å²) >= 11 is 0. The predicted octanol–water partition coefficient (Wildman–Crippen LogP) is 4.20. The normalized spacial score (nSPS) is 15.6. The van der Waals surface area contributed by atoms with Gasteiger partial charge in [-0.3, -0.25) is 9.59 Å². The van der Waals surface area contributed by atoms with Gasteiger partial charge in [-0.1, -0.05) is 36.4 Å². The number of ether oxygens (including phenoxy) is 1. The van der Waals surface area contributed by atoms with Gasteiger partial charge in [0.15, 0.2) is 0 Å². The van der Waals surface area contributed by atoms with Crippen molar-refractivity contribution < 1.29 is 23.5 Å². The molecule has 1 fully saturated rings. The molecule has 0 bridgehead atoms. The second-order valence-corrected chi connectivity index (χ2v) is 7.55. The Balaban J connectivity index is 1.59. The number of carbonyl (C=O) groups is 3. The van der Waals surface area contributed by atoms with Crippen LogP contribution in [0.3, 0.4) is 0 Å². The van der Waals surface area contributed by atoms with Crippen molar-refractivity contribution in [3.05, 3.63) is 90.2 Å². The summed E-state index contributed by atoms with van der Waals surface area (Å²) in [6.07, 6.45) is -0.263. The summed E-state index contributed by atoms with van der Waals surface area (Å²) in [4.78, 5) is 41.7. The molecular weight excluding hydrogens is 425 g/mol. The van der Waals surface area contributed by atoms with Crippen LogP contribution in [0.5, 0.6) is 5.75 Å². The Morgan fingerprint density at radius 1 is 1.00 bits per heavy atom. The van der Waals surface area contributed by atoms with E-state index >= 15 is 0 Å². The third-order valence-electron chi connectivity index (χ3n) is 5.33. The summed E-state index contributed by atoms with van der Waals surface area (Å²) in [5.74, 6) is -0.814. The number of methoxy groups -OCH3 is 1. The average molecular weight is 447 g/mol. The minimum Gasteiger partial charge on any atom is -0.497 e. The fourth-order valence-electron chi connectivity index (χ4n) is 3.71. The van der Waals surface area contributed by atoms with E-state index in [1.807, 2.05) is 0 Å². The third-order valence-corrected chi connectivity index (χ3v) is 5.33. The van der Waals surface area contributed by atoms with Gasteiger partial charge in [-0.05, 0) is 48.0 Å². The second kappa shape index (κ2) is 9.52. The zero-order valence-corrected chi connectivity index (χ0v) is 17.9. The van der Waals surface area contributed by atoms with E-state index < -0.39 is 29.7 Å². The van der Waals surface area contributed by atoms with E-state index in [0.29, 0.717) is 11.4 Å². The molecule has 8 heteroatoms. The van der Waals surface area contributed by atoms with Crippen molar-refractivity contribution in [1.82, 2.24) is 4.90 Å². The molecule has 3 aromatic rings. The monoisotopic (exact) mass is 447 g/mol. The highest BCUT2D eigenvalue weighted by Gasteiger charge is 2.46. The van der Waals surface area contributed by atoms with Crippen LogP contribution < -0.4 is 15.0 Å². The zero-order valence-electron chi connectivity index (χ0n) is 17.9. The van der Waals surface area contributed by atoms with Crippen molar-refractivity contribution in [2.45, 2.75) is 19.0 Å². The molecule has 0 saturated carbocycles. The lowest BCUT2D eigenvalue weighted by Crippen LogP contribution is -2.37. The lowest BCUT2D eigenvalue weighted by Gasteiger charge is -2.22. The van der Waals surface area contributed by atoms with Crippen molar-refractivity contribution >= 4 is 29.2 Å². The van der Waals surface area contributed by atoms with Crippen molar-refractivity contribution in [2.24, 2.45) is 0 Å². The lowest BCUT2D eigenvalue weighted by atomic mass is 10.1. The van der Waals surface area contributed by atoms with Crippen molar-refractivity contribution in [3.8, 4) is 5.75 Å². The van der Waals surface area contributed by atoms with Crippen LogP contribution in [0.25, 0.3) is 0 Å². The number of nitrogens with zero attached hydrogens (tertiary/aromatic N) is 2. The molecule has 0 radical (unpaired) electrons. The average Bonchev–Trinajstić information content (AvgIpc) is 3.04. The maximum absolute atomic E-state index is 13.5. The highest BCUT2D eigenvalue weighted by molar-refractivity contribution is 6.22. The molecule has 0 aromatic heterocycles. The molecule has 1 saturated heterocycles. The number of anilines is 2. The van der Waals surface area contributed by atoms with Crippen molar-refractivity contribution in [2.75, 3.05) is 17.3 Å². The Kier molecular flexibility index (Phi) is 6.35. The van der Waals surface area contributed by atoms with Crippen LogP contribution in [-0.2, 0) is 16.1 Å². The van der Waals surface area contributed by atoms with Gasteiger partial charge < -0.3 is 15.0 Å². The number of hydrogen-bond donors (Lipinski definition) is 1. The van der Waals surface area contributed by atoms with Crippen LogP contribution in [-0.4, -0.2) is 35.9 Å².